The van der Waals surface area contributed by atoms with E-state index in [1.807, 2.05) is 24.3 Å². The summed E-state index contributed by atoms with van der Waals surface area (Å²) in [4.78, 5) is 22.6. The van der Waals surface area contributed by atoms with E-state index in [0.717, 1.165) is 29.2 Å². The average molecular weight is 413 g/mol. The van der Waals surface area contributed by atoms with E-state index in [1.54, 1.807) is 25.8 Å². The van der Waals surface area contributed by atoms with Crippen LogP contribution in [0.5, 0.6) is 5.75 Å². The van der Waals surface area contributed by atoms with Gasteiger partial charge in [0.15, 0.2) is 0 Å². The second-order valence-corrected chi connectivity index (χ2v) is 8.57. The molecule has 2 N–H and O–H groups in total. The van der Waals surface area contributed by atoms with Crippen molar-refractivity contribution in [1.29, 1.82) is 0 Å². The third kappa shape index (κ3) is 4.32. The Kier molecular flexibility index (Phi) is 5.36. The first-order chi connectivity index (χ1) is 14.0. The number of methoxy groups -OCH3 is 1. The van der Waals surface area contributed by atoms with E-state index in [9.17, 15) is 4.79 Å². The molecule has 0 atom stereocenters. The minimum absolute atomic E-state index is 0.0369. The molecule has 2 heterocycles. The molecule has 0 spiro atoms. The number of benzene rings is 1. The number of hydrogen-bond acceptors (Lipinski definition) is 7. The number of nitrogens with zero attached hydrogens (tertiary/aromatic N) is 2. The number of amides is 1. The smallest absolute Gasteiger partial charge is 0.255 e. The van der Waals surface area contributed by atoms with Gasteiger partial charge in [-0.15, -0.1) is 11.8 Å². The summed E-state index contributed by atoms with van der Waals surface area (Å²) in [7, 11) is 1.65. The Hall–Kier alpha value is -2.74. The number of carbonyl (C=O) groups is 1. The molecule has 1 saturated carbocycles. The second kappa shape index (κ2) is 7.94. The molecule has 0 unspecified atom stereocenters. The van der Waals surface area contributed by atoms with Gasteiger partial charge in [0.05, 0.1) is 18.1 Å². The second-order valence-electron chi connectivity index (χ2n) is 7.40. The van der Waals surface area contributed by atoms with Crippen molar-refractivity contribution in [3.63, 3.8) is 0 Å². The number of aryl methyl sites for hydroxylation is 1. The van der Waals surface area contributed by atoms with Gasteiger partial charge in [0.25, 0.3) is 5.91 Å². The molecule has 0 saturated heterocycles. The lowest BCUT2D eigenvalue weighted by molar-refractivity contribution is 0.0956. The third-order valence-electron chi connectivity index (χ3n) is 5.03. The number of hydrogen-bond donors (Lipinski definition) is 2. The van der Waals surface area contributed by atoms with Crippen molar-refractivity contribution in [2.75, 3.05) is 24.7 Å². The summed E-state index contributed by atoms with van der Waals surface area (Å²) in [5.74, 6) is 2.62. The van der Waals surface area contributed by atoms with Crippen molar-refractivity contribution in [3.8, 4) is 5.75 Å². The SMILES string of the molecule is COc1ccc(SCCNC(=O)c2c(C)oc3ncnc(NC4(C)CC4)c23)cc1. The summed E-state index contributed by atoms with van der Waals surface area (Å²) in [6, 6.07) is 7.87. The summed E-state index contributed by atoms with van der Waals surface area (Å²) in [6.07, 6.45) is 3.63. The van der Waals surface area contributed by atoms with E-state index in [4.69, 9.17) is 9.15 Å². The van der Waals surface area contributed by atoms with Gasteiger partial charge in [0.1, 0.15) is 23.7 Å². The number of thioether (sulfide) groups is 1. The average Bonchev–Trinajstić information content (AvgIpc) is 3.33. The van der Waals surface area contributed by atoms with Crippen molar-refractivity contribution in [2.45, 2.75) is 37.1 Å². The number of nitrogens with one attached hydrogen (secondary N) is 2. The lowest BCUT2D eigenvalue weighted by atomic mass is 10.1. The van der Waals surface area contributed by atoms with Crippen LogP contribution in [0.15, 0.2) is 39.9 Å². The summed E-state index contributed by atoms with van der Waals surface area (Å²) in [6.45, 7) is 4.46. The Morgan fingerprint density at radius 3 is 2.72 bits per heavy atom. The van der Waals surface area contributed by atoms with Gasteiger partial charge in [-0.05, 0) is 51.0 Å². The maximum Gasteiger partial charge on any atom is 0.255 e. The van der Waals surface area contributed by atoms with E-state index in [1.165, 1.54) is 6.33 Å². The van der Waals surface area contributed by atoms with Gasteiger partial charge in [-0.25, -0.2) is 9.97 Å². The molecule has 1 amide bonds. The Bertz CT molecular complexity index is 1030. The van der Waals surface area contributed by atoms with Gasteiger partial charge in [-0.3, -0.25) is 4.79 Å². The predicted molar refractivity (Wildman–Crippen MR) is 114 cm³/mol. The van der Waals surface area contributed by atoms with Crippen LogP contribution in [0.25, 0.3) is 11.1 Å². The van der Waals surface area contributed by atoms with Gasteiger partial charge < -0.3 is 19.8 Å². The summed E-state index contributed by atoms with van der Waals surface area (Å²) in [5, 5.41) is 7.08. The molecule has 29 heavy (non-hydrogen) atoms. The standard InChI is InChI=1S/C21H24N4O3S/c1-13-16(17-18(25-21(2)8-9-21)23-12-24-20(17)28-13)19(26)22-10-11-29-15-6-4-14(27-3)5-7-15/h4-7,12H,8-11H2,1-3H3,(H,22,26)(H,23,24,25). The molecule has 8 heteroatoms. The molecule has 7 nitrogen and oxygen atoms in total. The molecule has 0 bridgehead atoms. The fourth-order valence-electron chi connectivity index (χ4n) is 3.10. The van der Waals surface area contributed by atoms with Gasteiger partial charge >= 0.3 is 0 Å². The van der Waals surface area contributed by atoms with E-state index >= 15 is 0 Å². The third-order valence-corrected chi connectivity index (χ3v) is 6.04. The highest BCUT2D eigenvalue weighted by Crippen LogP contribution is 2.40. The van der Waals surface area contributed by atoms with Crippen molar-refractivity contribution >= 4 is 34.6 Å². The lowest BCUT2D eigenvalue weighted by Crippen LogP contribution is -2.26. The number of carbonyl (C=O) groups excluding carboxylic acids is 1. The van der Waals surface area contributed by atoms with Crippen LogP contribution in [-0.2, 0) is 0 Å². The first-order valence-electron chi connectivity index (χ1n) is 9.56. The Morgan fingerprint density at radius 2 is 2.03 bits per heavy atom. The van der Waals surface area contributed by atoms with Gasteiger partial charge in [-0.1, -0.05) is 0 Å². The maximum absolute atomic E-state index is 12.9. The number of rotatable bonds is 8. The fourth-order valence-corrected chi connectivity index (χ4v) is 3.87. The Morgan fingerprint density at radius 1 is 1.28 bits per heavy atom. The van der Waals surface area contributed by atoms with Crippen molar-refractivity contribution in [3.05, 3.63) is 41.9 Å². The topological polar surface area (TPSA) is 89.3 Å². The molecule has 4 rings (SSSR count). The van der Waals surface area contributed by atoms with Crippen molar-refractivity contribution < 1.29 is 13.9 Å². The van der Waals surface area contributed by atoms with E-state index in [2.05, 4.69) is 27.5 Å². The molecule has 2 aromatic heterocycles. The largest absolute Gasteiger partial charge is 0.497 e. The highest BCUT2D eigenvalue weighted by molar-refractivity contribution is 7.99. The fraction of sp³-hybridized carbons (Fsp3) is 0.381. The molecule has 0 aliphatic heterocycles. The summed E-state index contributed by atoms with van der Waals surface area (Å²) >= 11 is 1.68. The van der Waals surface area contributed by atoms with Gasteiger partial charge in [0.2, 0.25) is 5.71 Å². The number of aromatic nitrogens is 2. The molecule has 3 aromatic rings. The van der Waals surface area contributed by atoms with Crippen LogP contribution in [0.4, 0.5) is 5.82 Å². The van der Waals surface area contributed by atoms with Gasteiger partial charge in [0, 0.05) is 22.7 Å². The van der Waals surface area contributed by atoms with Crippen LogP contribution >= 0.6 is 11.8 Å². The van der Waals surface area contributed by atoms with Crippen LogP contribution in [0.3, 0.4) is 0 Å². The number of furan rings is 1. The Labute approximate surface area is 173 Å². The van der Waals surface area contributed by atoms with Crippen LogP contribution < -0.4 is 15.4 Å². The number of anilines is 1. The van der Waals surface area contributed by atoms with Crippen LogP contribution in [0.2, 0.25) is 0 Å². The first-order valence-corrected chi connectivity index (χ1v) is 10.5. The van der Waals surface area contributed by atoms with Crippen LogP contribution in [0.1, 0.15) is 35.9 Å². The van der Waals surface area contributed by atoms with Crippen molar-refractivity contribution in [2.24, 2.45) is 0 Å². The monoisotopic (exact) mass is 412 g/mol. The number of fused-ring (bicyclic) bond motifs is 1. The van der Waals surface area contributed by atoms with E-state index in [-0.39, 0.29) is 11.4 Å². The van der Waals surface area contributed by atoms with Crippen molar-refractivity contribution in [1.82, 2.24) is 15.3 Å². The van der Waals surface area contributed by atoms with E-state index in [0.29, 0.717) is 34.8 Å². The predicted octanol–water partition coefficient (Wildman–Crippen LogP) is 4.03. The zero-order valence-corrected chi connectivity index (χ0v) is 17.6. The molecule has 1 aliphatic carbocycles. The van der Waals surface area contributed by atoms with Gasteiger partial charge in [-0.2, -0.15) is 0 Å². The summed E-state index contributed by atoms with van der Waals surface area (Å²) in [5.41, 5.74) is 0.971. The zero-order valence-electron chi connectivity index (χ0n) is 16.7. The molecule has 0 radical (unpaired) electrons. The quantitative estimate of drug-likeness (QED) is 0.426. The van der Waals surface area contributed by atoms with Crippen LogP contribution in [-0.4, -0.2) is 40.8 Å². The summed E-state index contributed by atoms with van der Waals surface area (Å²) < 4.78 is 10.9. The molecule has 1 aliphatic rings. The van der Waals surface area contributed by atoms with E-state index < -0.39 is 0 Å². The zero-order chi connectivity index (χ0) is 20.4. The number of ether oxygens (including phenoxy) is 1. The molecular formula is C21H24N4O3S. The maximum atomic E-state index is 12.9. The minimum atomic E-state index is -0.171. The first kappa shape index (κ1) is 19.6. The minimum Gasteiger partial charge on any atom is -0.497 e. The lowest BCUT2D eigenvalue weighted by Gasteiger charge is -2.13. The normalized spacial score (nSPS) is 14.6. The molecule has 1 aromatic carbocycles. The molecule has 152 valence electrons. The highest BCUT2D eigenvalue weighted by atomic mass is 32.2. The highest BCUT2D eigenvalue weighted by Gasteiger charge is 2.38. The molecule has 1 fully saturated rings. The van der Waals surface area contributed by atoms with Crippen LogP contribution in [0, 0.1) is 6.92 Å². The Balaban J connectivity index is 1.43. The molecular weight excluding hydrogens is 388 g/mol.